The van der Waals surface area contributed by atoms with Crippen LogP contribution in [0.2, 0.25) is 0 Å². The van der Waals surface area contributed by atoms with E-state index in [1.807, 2.05) is 31.2 Å². The molecule has 0 radical (unpaired) electrons. The molecule has 1 unspecified atom stereocenters. The lowest BCUT2D eigenvalue weighted by molar-refractivity contribution is 0.0302. The van der Waals surface area contributed by atoms with Gasteiger partial charge in [-0.3, -0.25) is 19.4 Å². The number of aliphatic hydroxyl groups excluding tert-OH is 1. The van der Waals surface area contributed by atoms with Crippen molar-refractivity contribution in [3.63, 3.8) is 0 Å². The fourth-order valence-electron chi connectivity index (χ4n) is 4.08. The zero-order valence-corrected chi connectivity index (χ0v) is 18.1. The summed E-state index contributed by atoms with van der Waals surface area (Å²) in [6.45, 7) is 6.23. The van der Waals surface area contributed by atoms with E-state index >= 15 is 0 Å². The average Bonchev–Trinajstić information content (AvgIpc) is 2.77. The Hall–Kier alpha value is -3.17. The summed E-state index contributed by atoms with van der Waals surface area (Å²) < 4.78 is 0. The van der Waals surface area contributed by atoms with Crippen LogP contribution in [0.3, 0.4) is 0 Å². The number of benzene rings is 1. The van der Waals surface area contributed by atoms with Crippen LogP contribution in [0.4, 0.5) is 11.4 Å². The molecule has 2 amide bonds. The maximum absolute atomic E-state index is 12.3. The van der Waals surface area contributed by atoms with Crippen LogP contribution in [0.25, 0.3) is 0 Å². The van der Waals surface area contributed by atoms with Gasteiger partial charge in [0.2, 0.25) is 6.35 Å². The maximum atomic E-state index is 12.3. The van der Waals surface area contributed by atoms with Crippen molar-refractivity contribution in [3.8, 4) is 0 Å². The van der Waals surface area contributed by atoms with Gasteiger partial charge in [0.15, 0.2) is 0 Å². The van der Waals surface area contributed by atoms with Gasteiger partial charge in [0.25, 0.3) is 11.8 Å². The first-order valence-electron chi connectivity index (χ1n) is 10.4. The van der Waals surface area contributed by atoms with Crippen molar-refractivity contribution in [3.05, 3.63) is 52.8 Å². The minimum Gasteiger partial charge on any atom is -0.368 e. The molecule has 31 heavy (non-hydrogen) atoms. The molecule has 2 aliphatic heterocycles. The van der Waals surface area contributed by atoms with Crippen molar-refractivity contribution in [2.75, 3.05) is 50.5 Å². The molecule has 0 aliphatic carbocycles. The number of carbonyl (C=O) groups excluding carboxylic acids is 2. The predicted molar refractivity (Wildman–Crippen MR) is 118 cm³/mol. The Kier molecular flexibility index (Phi) is 5.79. The summed E-state index contributed by atoms with van der Waals surface area (Å²) in [5, 5.41) is 15.5. The van der Waals surface area contributed by atoms with E-state index < -0.39 is 6.35 Å². The average molecular weight is 425 g/mol. The van der Waals surface area contributed by atoms with Crippen LogP contribution in [-0.4, -0.2) is 78.3 Å². The van der Waals surface area contributed by atoms with Gasteiger partial charge in [0, 0.05) is 46.8 Å². The Morgan fingerprint density at radius 1 is 1.23 bits per heavy atom. The van der Waals surface area contributed by atoms with Crippen LogP contribution in [0, 0.1) is 6.92 Å². The SMILES string of the molecule is CNC(=O)c1ccc(N2CCN(Cc3ccc4c(c3)NC(O)N(C)C4=O)CC2)c(C)n1. The number of piperazine rings is 1. The summed E-state index contributed by atoms with van der Waals surface area (Å²) in [4.78, 5) is 34.4. The number of anilines is 2. The molecule has 1 fully saturated rings. The van der Waals surface area contributed by atoms with Crippen LogP contribution in [0.1, 0.15) is 32.1 Å². The van der Waals surface area contributed by atoms with Crippen LogP contribution < -0.4 is 15.5 Å². The van der Waals surface area contributed by atoms with Crippen molar-refractivity contribution in [1.82, 2.24) is 20.1 Å². The van der Waals surface area contributed by atoms with Gasteiger partial charge in [0.05, 0.1) is 22.6 Å². The van der Waals surface area contributed by atoms with Crippen LogP contribution in [0.5, 0.6) is 0 Å². The van der Waals surface area contributed by atoms with Crippen LogP contribution in [-0.2, 0) is 6.54 Å². The third kappa shape index (κ3) is 4.19. The molecule has 1 saturated heterocycles. The fourth-order valence-corrected chi connectivity index (χ4v) is 4.08. The maximum Gasteiger partial charge on any atom is 0.269 e. The number of amides is 2. The van der Waals surface area contributed by atoms with E-state index in [4.69, 9.17) is 0 Å². The van der Waals surface area contributed by atoms with Gasteiger partial charge in [-0.05, 0) is 36.8 Å². The number of aryl methyl sites for hydroxylation is 1. The van der Waals surface area contributed by atoms with E-state index in [0.717, 1.165) is 49.7 Å². The highest BCUT2D eigenvalue weighted by molar-refractivity contribution is 6.01. The number of pyridine rings is 1. The monoisotopic (exact) mass is 424 g/mol. The van der Waals surface area contributed by atoms with Crippen molar-refractivity contribution in [2.45, 2.75) is 19.8 Å². The van der Waals surface area contributed by atoms with E-state index in [0.29, 0.717) is 16.9 Å². The smallest absolute Gasteiger partial charge is 0.269 e. The summed E-state index contributed by atoms with van der Waals surface area (Å²) in [6, 6.07) is 9.48. The Morgan fingerprint density at radius 2 is 1.97 bits per heavy atom. The van der Waals surface area contributed by atoms with Gasteiger partial charge in [0.1, 0.15) is 5.69 Å². The number of aliphatic hydroxyl groups is 1. The van der Waals surface area contributed by atoms with E-state index in [2.05, 4.69) is 25.4 Å². The molecular weight excluding hydrogens is 396 g/mol. The molecule has 1 aromatic heterocycles. The van der Waals surface area contributed by atoms with Crippen molar-refractivity contribution in [1.29, 1.82) is 0 Å². The van der Waals surface area contributed by atoms with Crippen molar-refractivity contribution in [2.24, 2.45) is 0 Å². The first-order valence-corrected chi connectivity index (χ1v) is 10.4. The predicted octanol–water partition coefficient (Wildman–Crippen LogP) is 0.845. The summed E-state index contributed by atoms with van der Waals surface area (Å²) >= 11 is 0. The Balaban J connectivity index is 1.38. The third-order valence-corrected chi connectivity index (χ3v) is 5.92. The Bertz CT molecular complexity index is 1000. The van der Waals surface area contributed by atoms with Crippen LogP contribution >= 0.6 is 0 Å². The lowest BCUT2D eigenvalue weighted by Crippen LogP contribution is -2.47. The number of nitrogens with one attached hydrogen (secondary N) is 2. The van der Waals surface area contributed by atoms with Gasteiger partial charge >= 0.3 is 0 Å². The normalized spacial score (nSPS) is 19.1. The quantitative estimate of drug-likeness (QED) is 0.669. The Labute approximate surface area is 181 Å². The lowest BCUT2D eigenvalue weighted by Gasteiger charge is -2.37. The summed E-state index contributed by atoms with van der Waals surface area (Å²) in [6.07, 6.45) is -1.01. The first kappa shape index (κ1) is 21.1. The van der Waals surface area contributed by atoms with Gasteiger partial charge in [-0.15, -0.1) is 0 Å². The summed E-state index contributed by atoms with van der Waals surface area (Å²) in [5.41, 5.74) is 4.68. The van der Waals surface area contributed by atoms with Gasteiger partial charge in [-0.25, -0.2) is 4.98 Å². The molecule has 3 heterocycles. The zero-order valence-electron chi connectivity index (χ0n) is 18.1. The zero-order chi connectivity index (χ0) is 22.1. The molecule has 1 aromatic carbocycles. The molecule has 2 aromatic rings. The molecule has 9 nitrogen and oxygen atoms in total. The number of aromatic nitrogens is 1. The second-order valence-electron chi connectivity index (χ2n) is 7.96. The second kappa shape index (κ2) is 8.52. The molecule has 0 bridgehead atoms. The van der Waals surface area contributed by atoms with E-state index in [9.17, 15) is 14.7 Å². The highest BCUT2D eigenvalue weighted by Crippen LogP contribution is 2.26. The number of hydrogen-bond acceptors (Lipinski definition) is 7. The van der Waals surface area contributed by atoms with Gasteiger partial charge in [-0.1, -0.05) is 6.07 Å². The van der Waals surface area contributed by atoms with Gasteiger partial charge in [-0.2, -0.15) is 0 Å². The minimum absolute atomic E-state index is 0.181. The molecule has 4 rings (SSSR count). The van der Waals surface area contributed by atoms with E-state index in [-0.39, 0.29) is 11.8 Å². The molecule has 0 saturated carbocycles. The number of carbonyl (C=O) groups is 2. The summed E-state index contributed by atoms with van der Waals surface area (Å²) in [7, 11) is 3.17. The lowest BCUT2D eigenvalue weighted by atomic mass is 10.1. The second-order valence-corrected chi connectivity index (χ2v) is 7.96. The fraction of sp³-hybridized carbons (Fsp3) is 0.409. The van der Waals surface area contributed by atoms with Crippen LogP contribution in [0.15, 0.2) is 30.3 Å². The highest BCUT2D eigenvalue weighted by atomic mass is 16.3. The van der Waals surface area contributed by atoms with Crippen molar-refractivity contribution < 1.29 is 14.7 Å². The Morgan fingerprint density at radius 3 is 2.65 bits per heavy atom. The molecule has 9 heteroatoms. The topological polar surface area (TPSA) is 101 Å². The molecule has 3 N–H and O–H groups in total. The summed E-state index contributed by atoms with van der Waals surface area (Å²) in [5.74, 6) is -0.368. The largest absolute Gasteiger partial charge is 0.368 e. The molecule has 164 valence electrons. The molecule has 0 spiro atoms. The minimum atomic E-state index is -1.01. The number of rotatable bonds is 4. The van der Waals surface area contributed by atoms with E-state index in [1.165, 1.54) is 4.90 Å². The van der Waals surface area contributed by atoms with Gasteiger partial charge < -0.3 is 20.6 Å². The number of fused-ring (bicyclic) bond motifs is 1. The number of hydrogen-bond donors (Lipinski definition) is 3. The number of nitrogens with zero attached hydrogens (tertiary/aromatic N) is 4. The standard InChI is InChI=1S/C22H28N6O3/c1-14-19(7-6-17(24-14)20(29)23-2)28-10-8-27(9-11-28)13-15-4-5-16-18(12-15)25-22(31)26(3)21(16)30/h4-7,12,22,25,31H,8-11,13H2,1-3H3,(H,23,29). The highest BCUT2D eigenvalue weighted by Gasteiger charge is 2.28. The molecule has 2 aliphatic rings. The molecular formula is C22H28N6O3. The van der Waals surface area contributed by atoms with Crippen molar-refractivity contribution >= 4 is 23.2 Å². The third-order valence-electron chi connectivity index (χ3n) is 5.92. The van der Waals surface area contributed by atoms with E-state index in [1.54, 1.807) is 20.2 Å². The first-order chi connectivity index (χ1) is 14.9. The molecule has 1 atom stereocenters.